The van der Waals surface area contributed by atoms with Gasteiger partial charge < -0.3 is 0 Å². The summed E-state index contributed by atoms with van der Waals surface area (Å²) in [6, 6.07) is 27.1. The van der Waals surface area contributed by atoms with E-state index in [1.54, 1.807) is 0 Å². The van der Waals surface area contributed by atoms with Gasteiger partial charge in [0.2, 0.25) is 0 Å². The molecule has 5 rings (SSSR count). The molecule has 2 heterocycles. The van der Waals surface area contributed by atoms with Crippen LogP contribution in [0.15, 0.2) is 91.3 Å². The number of aromatic nitrogens is 3. The molecule has 5 aromatic rings. The van der Waals surface area contributed by atoms with Gasteiger partial charge in [-0.1, -0.05) is 66.7 Å². The summed E-state index contributed by atoms with van der Waals surface area (Å²) in [7, 11) is 0. The zero-order valence-electron chi connectivity index (χ0n) is 13.5. The predicted molar refractivity (Wildman–Crippen MR) is 101 cm³/mol. The van der Waals surface area contributed by atoms with E-state index in [2.05, 4.69) is 64.0 Å². The standard InChI is InChI=1S/C22H15N3/c1-2-6-16(7-3-1)17-10-12-18(13-11-17)21-22-23-14-15-25(22)20-9-5-4-8-19(20)24-21/h1-15H. The van der Waals surface area contributed by atoms with Crippen LogP contribution in [0.1, 0.15) is 0 Å². The summed E-state index contributed by atoms with van der Waals surface area (Å²) in [6.07, 6.45) is 3.81. The van der Waals surface area contributed by atoms with Gasteiger partial charge in [0.1, 0.15) is 5.69 Å². The van der Waals surface area contributed by atoms with E-state index >= 15 is 0 Å². The molecular formula is C22H15N3. The molecular weight excluding hydrogens is 306 g/mol. The van der Waals surface area contributed by atoms with Crippen LogP contribution in [-0.2, 0) is 0 Å². The normalized spacial score (nSPS) is 11.2. The van der Waals surface area contributed by atoms with Gasteiger partial charge in [-0.3, -0.25) is 4.40 Å². The second kappa shape index (κ2) is 5.56. The highest BCUT2D eigenvalue weighted by atomic mass is 15.0. The molecule has 0 amide bonds. The predicted octanol–water partition coefficient (Wildman–Crippen LogP) is 5.22. The van der Waals surface area contributed by atoms with Crippen molar-refractivity contribution in [3.05, 3.63) is 91.3 Å². The smallest absolute Gasteiger partial charge is 0.163 e. The van der Waals surface area contributed by atoms with Crippen molar-refractivity contribution in [3.63, 3.8) is 0 Å². The molecule has 0 N–H and O–H groups in total. The summed E-state index contributed by atoms with van der Waals surface area (Å²) in [5, 5.41) is 0. The maximum absolute atomic E-state index is 4.86. The molecule has 0 spiro atoms. The fourth-order valence-electron chi connectivity index (χ4n) is 3.25. The number of rotatable bonds is 2. The molecule has 2 aromatic heterocycles. The minimum Gasteiger partial charge on any atom is -0.296 e. The molecule has 0 radical (unpaired) electrons. The Bertz CT molecular complexity index is 1170. The SMILES string of the molecule is c1ccc(-c2ccc(-c3nc4ccccc4n4ccnc34)cc2)cc1. The minimum absolute atomic E-state index is 0.881. The Kier molecular flexibility index (Phi) is 3.10. The zero-order valence-corrected chi connectivity index (χ0v) is 13.5. The van der Waals surface area contributed by atoms with Gasteiger partial charge in [-0.25, -0.2) is 9.97 Å². The molecule has 0 aliphatic rings. The Morgan fingerprint density at radius 3 is 2.16 bits per heavy atom. The minimum atomic E-state index is 0.881. The van der Waals surface area contributed by atoms with E-state index in [4.69, 9.17) is 4.98 Å². The van der Waals surface area contributed by atoms with Crippen LogP contribution < -0.4 is 0 Å². The Labute approximate surface area is 145 Å². The van der Waals surface area contributed by atoms with Crippen LogP contribution in [0.2, 0.25) is 0 Å². The molecule has 0 saturated heterocycles. The van der Waals surface area contributed by atoms with Crippen molar-refractivity contribution < 1.29 is 0 Å². The Morgan fingerprint density at radius 2 is 1.32 bits per heavy atom. The van der Waals surface area contributed by atoms with Crippen LogP contribution in [0.5, 0.6) is 0 Å². The molecule has 0 atom stereocenters. The van der Waals surface area contributed by atoms with Gasteiger partial charge in [-0.05, 0) is 23.3 Å². The van der Waals surface area contributed by atoms with Crippen molar-refractivity contribution >= 4 is 16.7 Å². The van der Waals surface area contributed by atoms with Gasteiger partial charge in [-0.15, -0.1) is 0 Å². The second-order valence-electron chi connectivity index (χ2n) is 6.01. The number of hydrogen-bond donors (Lipinski definition) is 0. The molecule has 0 bridgehead atoms. The third-order valence-corrected chi connectivity index (χ3v) is 4.49. The summed E-state index contributed by atoms with van der Waals surface area (Å²) < 4.78 is 2.10. The van der Waals surface area contributed by atoms with Crippen molar-refractivity contribution in [1.82, 2.24) is 14.4 Å². The largest absolute Gasteiger partial charge is 0.296 e. The van der Waals surface area contributed by atoms with Gasteiger partial charge in [0.15, 0.2) is 5.65 Å². The molecule has 0 unspecified atom stereocenters. The highest BCUT2D eigenvalue weighted by Gasteiger charge is 2.11. The summed E-state index contributed by atoms with van der Waals surface area (Å²) in [6.45, 7) is 0. The third-order valence-electron chi connectivity index (χ3n) is 4.49. The lowest BCUT2D eigenvalue weighted by atomic mass is 10.0. The van der Waals surface area contributed by atoms with Crippen LogP contribution in [0, 0.1) is 0 Å². The number of para-hydroxylation sites is 2. The van der Waals surface area contributed by atoms with Gasteiger partial charge in [0.05, 0.1) is 11.0 Å². The summed E-state index contributed by atoms with van der Waals surface area (Å²) >= 11 is 0. The van der Waals surface area contributed by atoms with Crippen LogP contribution in [0.25, 0.3) is 39.1 Å². The molecule has 3 aromatic carbocycles. The van der Waals surface area contributed by atoms with Gasteiger partial charge in [-0.2, -0.15) is 0 Å². The Morgan fingerprint density at radius 1 is 0.640 bits per heavy atom. The van der Waals surface area contributed by atoms with Crippen LogP contribution in [0.4, 0.5) is 0 Å². The molecule has 25 heavy (non-hydrogen) atoms. The summed E-state index contributed by atoms with van der Waals surface area (Å²) in [4.78, 5) is 9.39. The van der Waals surface area contributed by atoms with E-state index in [1.165, 1.54) is 11.1 Å². The molecule has 0 aliphatic heterocycles. The molecule has 0 fully saturated rings. The van der Waals surface area contributed by atoms with Crippen molar-refractivity contribution in [1.29, 1.82) is 0 Å². The second-order valence-corrected chi connectivity index (χ2v) is 6.01. The topological polar surface area (TPSA) is 30.2 Å². The van der Waals surface area contributed by atoms with Gasteiger partial charge >= 0.3 is 0 Å². The first-order chi connectivity index (χ1) is 12.4. The van der Waals surface area contributed by atoms with E-state index in [-0.39, 0.29) is 0 Å². The van der Waals surface area contributed by atoms with Gasteiger partial charge in [0.25, 0.3) is 0 Å². The summed E-state index contributed by atoms with van der Waals surface area (Å²) in [5.41, 5.74) is 7.31. The highest BCUT2D eigenvalue weighted by molar-refractivity contribution is 5.86. The van der Waals surface area contributed by atoms with Gasteiger partial charge in [0, 0.05) is 18.0 Å². The Balaban J connectivity index is 1.69. The lowest BCUT2D eigenvalue weighted by Gasteiger charge is -2.08. The van der Waals surface area contributed by atoms with E-state index in [1.807, 2.05) is 36.7 Å². The first kappa shape index (κ1) is 13.9. The molecule has 118 valence electrons. The highest BCUT2D eigenvalue weighted by Crippen LogP contribution is 2.28. The van der Waals surface area contributed by atoms with E-state index in [0.29, 0.717) is 0 Å². The Hall–Kier alpha value is -3.46. The van der Waals surface area contributed by atoms with E-state index < -0.39 is 0 Å². The van der Waals surface area contributed by atoms with E-state index in [0.717, 1.165) is 27.9 Å². The van der Waals surface area contributed by atoms with E-state index in [9.17, 15) is 0 Å². The van der Waals surface area contributed by atoms with Crippen LogP contribution in [0.3, 0.4) is 0 Å². The zero-order chi connectivity index (χ0) is 16.6. The number of nitrogens with zero attached hydrogens (tertiary/aromatic N) is 3. The molecule has 3 nitrogen and oxygen atoms in total. The first-order valence-electron chi connectivity index (χ1n) is 8.28. The number of benzene rings is 3. The maximum atomic E-state index is 4.86. The van der Waals surface area contributed by atoms with Crippen molar-refractivity contribution in [2.45, 2.75) is 0 Å². The lowest BCUT2D eigenvalue weighted by Crippen LogP contribution is -1.95. The quantitative estimate of drug-likeness (QED) is 0.446. The van der Waals surface area contributed by atoms with Crippen molar-refractivity contribution in [3.8, 4) is 22.4 Å². The average molecular weight is 321 g/mol. The van der Waals surface area contributed by atoms with Crippen LogP contribution >= 0.6 is 0 Å². The number of hydrogen-bond acceptors (Lipinski definition) is 2. The fraction of sp³-hybridized carbons (Fsp3) is 0. The maximum Gasteiger partial charge on any atom is 0.163 e. The number of fused-ring (bicyclic) bond motifs is 3. The van der Waals surface area contributed by atoms with Crippen molar-refractivity contribution in [2.24, 2.45) is 0 Å². The lowest BCUT2D eigenvalue weighted by molar-refractivity contribution is 1.21. The third kappa shape index (κ3) is 2.29. The molecule has 0 saturated carbocycles. The monoisotopic (exact) mass is 321 g/mol. The number of imidazole rings is 1. The average Bonchev–Trinajstić information content (AvgIpc) is 3.18. The molecule has 0 aliphatic carbocycles. The molecule has 3 heteroatoms. The first-order valence-corrected chi connectivity index (χ1v) is 8.28. The summed E-state index contributed by atoms with van der Waals surface area (Å²) in [5.74, 6) is 0. The van der Waals surface area contributed by atoms with Crippen molar-refractivity contribution in [2.75, 3.05) is 0 Å². The fourth-order valence-corrected chi connectivity index (χ4v) is 3.25. The van der Waals surface area contributed by atoms with Crippen LogP contribution in [-0.4, -0.2) is 14.4 Å².